The summed E-state index contributed by atoms with van der Waals surface area (Å²) >= 11 is 1.53. The summed E-state index contributed by atoms with van der Waals surface area (Å²) in [5, 5.41) is 6.95. The highest BCUT2D eigenvalue weighted by molar-refractivity contribution is 7.98. The first kappa shape index (κ1) is 18.9. The van der Waals surface area contributed by atoms with Gasteiger partial charge in [0.05, 0.1) is 24.5 Å². The third kappa shape index (κ3) is 5.06. The Hall–Kier alpha value is -1.90. The van der Waals surface area contributed by atoms with Gasteiger partial charge in [-0.05, 0) is 19.1 Å². The summed E-state index contributed by atoms with van der Waals surface area (Å²) in [6.45, 7) is 7.84. The standard InChI is InChI=1S/C18H24N4O3S/c1-13(22-7-9-24-10-8-22)11-19-18(23)15-5-3-4-6-16(15)26-12-17-20-14(2)25-21-17/h3-6,13H,7-12H2,1-2H3,(H,19,23). The second kappa shape index (κ2) is 9.16. The third-order valence-electron chi connectivity index (χ3n) is 4.29. The summed E-state index contributed by atoms with van der Waals surface area (Å²) in [6.07, 6.45) is 0. The predicted molar refractivity (Wildman–Crippen MR) is 99.2 cm³/mol. The first-order chi connectivity index (χ1) is 12.6. The summed E-state index contributed by atoms with van der Waals surface area (Å²) in [4.78, 5) is 20.1. The number of thioether (sulfide) groups is 1. The van der Waals surface area contributed by atoms with E-state index in [4.69, 9.17) is 9.26 Å². The molecule has 1 atom stereocenters. The minimum atomic E-state index is -0.0579. The summed E-state index contributed by atoms with van der Waals surface area (Å²) in [7, 11) is 0. The van der Waals surface area contributed by atoms with Crippen LogP contribution >= 0.6 is 11.8 Å². The zero-order valence-electron chi connectivity index (χ0n) is 15.1. The van der Waals surface area contributed by atoms with Crippen molar-refractivity contribution in [2.75, 3.05) is 32.8 Å². The zero-order valence-corrected chi connectivity index (χ0v) is 15.9. The molecule has 0 radical (unpaired) electrons. The predicted octanol–water partition coefficient (Wildman–Crippen LogP) is 2.12. The van der Waals surface area contributed by atoms with Crippen molar-refractivity contribution in [2.45, 2.75) is 30.5 Å². The molecule has 1 aromatic heterocycles. The largest absolute Gasteiger partial charge is 0.379 e. The van der Waals surface area contributed by atoms with Gasteiger partial charge in [0.25, 0.3) is 5.91 Å². The fourth-order valence-corrected chi connectivity index (χ4v) is 3.70. The highest BCUT2D eigenvalue weighted by Gasteiger charge is 2.19. The van der Waals surface area contributed by atoms with E-state index in [0.29, 0.717) is 29.6 Å². The molecule has 1 fully saturated rings. The molecule has 1 aromatic carbocycles. The number of nitrogens with zero attached hydrogens (tertiary/aromatic N) is 3. The molecule has 0 bridgehead atoms. The number of hydrogen-bond acceptors (Lipinski definition) is 7. The average Bonchev–Trinajstić information content (AvgIpc) is 3.10. The van der Waals surface area contributed by atoms with Crippen LogP contribution in [0.3, 0.4) is 0 Å². The van der Waals surface area contributed by atoms with Gasteiger partial charge in [-0.1, -0.05) is 17.3 Å². The molecule has 7 nitrogen and oxygen atoms in total. The van der Waals surface area contributed by atoms with Crippen LogP contribution in [0.25, 0.3) is 0 Å². The molecule has 0 aliphatic carbocycles. The molecule has 1 N–H and O–H groups in total. The number of ether oxygens (including phenoxy) is 1. The number of rotatable bonds is 7. The number of amides is 1. The molecule has 140 valence electrons. The Morgan fingerprint density at radius 1 is 1.35 bits per heavy atom. The van der Waals surface area contributed by atoms with E-state index in [0.717, 1.165) is 31.2 Å². The van der Waals surface area contributed by atoms with Crippen LogP contribution < -0.4 is 5.32 Å². The highest BCUT2D eigenvalue weighted by atomic mass is 32.2. The van der Waals surface area contributed by atoms with Crippen molar-refractivity contribution < 1.29 is 14.1 Å². The number of morpholine rings is 1. The minimum absolute atomic E-state index is 0.0579. The third-order valence-corrected chi connectivity index (χ3v) is 5.35. The molecule has 2 heterocycles. The Morgan fingerprint density at radius 2 is 2.12 bits per heavy atom. The summed E-state index contributed by atoms with van der Waals surface area (Å²) in [6, 6.07) is 7.88. The molecular formula is C18H24N4O3S. The van der Waals surface area contributed by atoms with Crippen LogP contribution in [0.15, 0.2) is 33.7 Å². The molecule has 1 aliphatic heterocycles. The van der Waals surface area contributed by atoms with E-state index in [-0.39, 0.29) is 11.9 Å². The molecule has 26 heavy (non-hydrogen) atoms. The van der Waals surface area contributed by atoms with Gasteiger partial charge in [0.1, 0.15) is 0 Å². The first-order valence-corrected chi connectivity index (χ1v) is 9.73. The number of carbonyl (C=O) groups excluding carboxylic acids is 1. The number of aromatic nitrogens is 2. The monoisotopic (exact) mass is 376 g/mol. The van der Waals surface area contributed by atoms with E-state index in [1.54, 1.807) is 6.92 Å². The smallest absolute Gasteiger partial charge is 0.252 e. The van der Waals surface area contributed by atoms with E-state index >= 15 is 0 Å². The van der Waals surface area contributed by atoms with Crippen molar-refractivity contribution in [2.24, 2.45) is 0 Å². The lowest BCUT2D eigenvalue weighted by molar-refractivity contribution is 0.0204. The van der Waals surface area contributed by atoms with E-state index in [1.165, 1.54) is 11.8 Å². The molecule has 1 saturated heterocycles. The van der Waals surface area contributed by atoms with Crippen molar-refractivity contribution in [1.82, 2.24) is 20.4 Å². The van der Waals surface area contributed by atoms with Crippen molar-refractivity contribution in [3.63, 3.8) is 0 Å². The Balaban J connectivity index is 1.56. The van der Waals surface area contributed by atoms with Crippen LogP contribution in [0, 0.1) is 6.92 Å². The van der Waals surface area contributed by atoms with Crippen LogP contribution in [0.1, 0.15) is 29.0 Å². The number of hydrogen-bond donors (Lipinski definition) is 1. The molecule has 1 aliphatic rings. The fourth-order valence-electron chi connectivity index (χ4n) is 2.81. The lowest BCUT2D eigenvalue weighted by Crippen LogP contribution is -2.47. The summed E-state index contributed by atoms with van der Waals surface area (Å²) < 4.78 is 10.4. The Morgan fingerprint density at radius 3 is 2.85 bits per heavy atom. The van der Waals surface area contributed by atoms with Crippen LogP contribution in [-0.4, -0.2) is 59.8 Å². The van der Waals surface area contributed by atoms with Crippen molar-refractivity contribution >= 4 is 17.7 Å². The van der Waals surface area contributed by atoms with Crippen molar-refractivity contribution in [3.8, 4) is 0 Å². The van der Waals surface area contributed by atoms with Crippen LogP contribution in [0.5, 0.6) is 0 Å². The topological polar surface area (TPSA) is 80.5 Å². The van der Waals surface area contributed by atoms with Gasteiger partial charge in [0, 0.05) is 37.5 Å². The van der Waals surface area contributed by atoms with E-state index in [1.807, 2.05) is 24.3 Å². The van der Waals surface area contributed by atoms with Gasteiger partial charge < -0.3 is 14.6 Å². The average molecular weight is 376 g/mol. The quantitative estimate of drug-likeness (QED) is 0.741. The van der Waals surface area contributed by atoms with Crippen LogP contribution in [-0.2, 0) is 10.5 Å². The molecule has 0 spiro atoms. The first-order valence-electron chi connectivity index (χ1n) is 8.74. The fraction of sp³-hybridized carbons (Fsp3) is 0.500. The number of aryl methyl sites for hydroxylation is 1. The van der Waals surface area contributed by atoms with Gasteiger partial charge >= 0.3 is 0 Å². The molecule has 8 heteroatoms. The highest BCUT2D eigenvalue weighted by Crippen LogP contribution is 2.25. The molecule has 2 aromatic rings. The van der Waals surface area contributed by atoms with Gasteiger partial charge in [0.2, 0.25) is 5.89 Å². The maximum absolute atomic E-state index is 12.7. The number of benzene rings is 1. The molecular weight excluding hydrogens is 352 g/mol. The SMILES string of the molecule is Cc1nc(CSc2ccccc2C(=O)NCC(C)N2CCOCC2)no1. The molecule has 1 amide bonds. The molecule has 1 unspecified atom stereocenters. The second-order valence-electron chi connectivity index (χ2n) is 6.22. The Kier molecular flexibility index (Phi) is 6.65. The molecule has 3 rings (SSSR count). The minimum Gasteiger partial charge on any atom is -0.379 e. The van der Waals surface area contributed by atoms with E-state index in [9.17, 15) is 4.79 Å². The van der Waals surface area contributed by atoms with Crippen molar-refractivity contribution in [1.29, 1.82) is 0 Å². The summed E-state index contributed by atoms with van der Waals surface area (Å²) in [5.74, 6) is 1.68. The Bertz CT molecular complexity index is 731. The van der Waals surface area contributed by atoms with E-state index in [2.05, 4.69) is 27.3 Å². The maximum atomic E-state index is 12.7. The Labute approximate surface area is 157 Å². The number of carbonyl (C=O) groups is 1. The van der Waals surface area contributed by atoms with Gasteiger partial charge in [-0.3, -0.25) is 9.69 Å². The van der Waals surface area contributed by atoms with Gasteiger partial charge in [-0.2, -0.15) is 4.98 Å². The van der Waals surface area contributed by atoms with E-state index < -0.39 is 0 Å². The maximum Gasteiger partial charge on any atom is 0.252 e. The summed E-state index contributed by atoms with van der Waals surface area (Å²) in [5.41, 5.74) is 0.673. The normalized spacial score (nSPS) is 16.4. The number of nitrogens with one attached hydrogen (secondary N) is 1. The van der Waals surface area contributed by atoms with Crippen LogP contribution in [0.2, 0.25) is 0 Å². The zero-order chi connectivity index (χ0) is 18.4. The molecule has 0 saturated carbocycles. The van der Waals surface area contributed by atoms with Gasteiger partial charge in [0.15, 0.2) is 5.82 Å². The van der Waals surface area contributed by atoms with Crippen LogP contribution in [0.4, 0.5) is 0 Å². The van der Waals surface area contributed by atoms with Gasteiger partial charge in [-0.15, -0.1) is 11.8 Å². The lowest BCUT2D eigenvalue weighted by atomic mass is 10.2. The lowest BCUT2D eigenvalue weighted by Gasteiger charge is -2.32. The second-order valence-corrected chi connectivity index (χ2v) is 7.24. The van der Waals surface area contributed by atoms with Gasteiger partial charge in [-0.25, -0.2) is 0 Å². The van der Waals surface area contributed by atoms with Crippen molar-refractivity contribution in [3.05, 3.63) is 41.5 Å².